The molecule has 0 saturated carbocycles. The molecule has 2 atom stereocenters. The van der Waals surface area contributed by atoms with Gasteiger partial charge in [-0.05, 0) is 24.0 Å². The summed E-state index contributed by atoms with van der Waals surface area (Å²) < 4.78 is 5.25. The van der Waals surface area contributed by atoms with Crippen LogP contribution in [0.1, 0.15) is 30.0 Å². The Morgan fingerprint density at radius 3 is 2.71 bits per heavy atom. The van der Waals surface area contributed by atoms with Crippen molar-refractivity contribution in [3.63, 3.8) is 0 Å². The molecule has 0 radical (unpaired) electrons. The second-order valence-corrected chi connectivity index (χ2v) is 5.69. The molecular formula is C15H21ClN2O3. The average molecular weight is 313 g/mol. The molecule has 1 amide bonds. The monoisotopic (exact) mass is 312 g/mol. The van der Waals surface area contributed by atoms with Crippen LogP contribution in [0.5, 0.6) is 0 Å². The average Bonchev–Trinajstić information content (AvgIpc) is 2.76. The largest absolute Gasteiger partial charge is 0.390 e. The number of nitrogens with one attached hydrogen (secondary N) is 1. The molecule has 1 aliphatic carbocycles. The molecule has 2 aliphatic rings. The minimum atomic E-state index is -0.879. The number of rotatable bonds is 2. The third-order valence-corrected chi connectivity index (χ3v) is 4.33. The molecule has 1 aromatic rings. The van der Waals surface area contributed by atoms with Crippen LogP contribution in [0.25, 0.3) is 0 Å². The fourth-order valence-electron chi connectivity index (χ4n) is 3.00. The number of amides is 1. The molecule has 21 heavy (non-hydrogen) atoms. The first-order valence-electron chi connectivity index (χ1n) is 7.04. The fraction of sp³-hybridized carbons (Fsp3) is 0.533. The quantitative estimate of drug-likeness (QED) is 0.750. The maximum Gasteiger partial charge on any atom is 0.240 e. The Bertz CT molecular complexity index is 517. The van der Waals surface area contributed by atoms with Crippen molar-refractivity contribution >= 4 is 18.3 Å². The molecule has 0 bridgehead atoms. The fourth-order valence-corrected chi connectivity index (χ4v) is 3.00. The van der Waals surface area contributed by atoms with Crippen LogP contribution < -0.4 is 11.1 Å². The highest BCUT2D eigenvalue weighted by Crippen LogP contribution is 2.32. The predicted molar refractivity (Wildman–Crippen MR) is 81.3 cm³/mol. The highest BCUT2D eigenvalue weighted by molar-refractivity contribution is 5.86. The summed E-state index contributed by atoms with van der Waals surface area (Å²) in [6.07, 6.45) is 1.02. The van der Waals surface area contributed by atoms with Gasteiger partial charge in [0, 0.05) is 19.6 Å². The molecule has 1 aliphatic heterocycles. The molecule has 0 aromatic heterocycles. The van der Waals surface area contributed by atoms with E-state index >= 15 is 0 Å². The number of hydrogen-bond acceptors (Lipinski definition) is 4. The van der Waals surface area contributed by atoms with Crippen LogP contribution >= 0.6 is 12.4 Å². The van der Waals surface area contributed by atoms with Gasteiger partial charge in [-0.3, -0.25) is 4.79 Å². The molecule has 4 N–H and O–H groups in total. The maximum absolute atomic E-state index is 12.4. The molecule has 3 rings (SSSR count). The van der Waals surface area contributed by atoms with Crippen LogP contribution in [0, 0.1) is 0 Å². The number of benzene rings is 1. The Kier molecular flexibility index (Phi) is 4.88. The first kappa shape index (κ1) is 16.2. The van der Waals surface area contributed by atoms with E-state index in [1.54, 1.807) is 0 Å². The van der Waals surface area contributed by atoms with Gasteiger partial charge in [0.1, 0.15) is 0 Å². The Morgan fingerprint density at radius 1 is 1.33 bits per heavy atom. The van der Waals surface area contributed by atoms with Gasteiger partial charge >= 0.3 is 0 Å². The lowest BCUT2D eigenvalue weighted by molar-refractivity contribution is -0.131. The van der Waals surface area contributed by atoms with Crippen molar-refractivity contribution in [1.29, 1.82) is 0 Å². The number of carbonyl (C=O) groups excluding carboxylic acids is 1. The van der Waals surface area contributed by atoms with Gasteiger partial charge in [0.25, 0.3) is 0 Å². The van der Waals surface area contributed by atoms with Crippen LogP contribution in [0.3, 0.4) is 0 Å². The molecule has 1 heterocycles. The van der Waals surface area contributed by atoms with E-state index in [1.165, 1.54) is 0 Å². The molecule has 1 saturated heterocycles. The number of fused-ring (bicyclic) bond motifs is 1. The lowest BCUT2D eigenvalue weighted by atomic mass is 9.89. The van der Waals surface area contributed by atoms with Crippen molar-refractivity contribution in [2.45, 2.75) is 36.9 Å². The molecule has 0 unspecified atom stereocenters. The zero-order chi connectivity index (χ0) is 14.2. The summed E-state index contributed by atoms with van der Waals surface area (Å²) >= 11 is 0. The Labute approximate surface area is 130 Å². The molecule has 5 nitrogen and oxygen atoms in total. The van der Waals surface area contributed by atoms with E-state index in [0.29, 0.717) is 32.5 Å². The zero-order valence-electron chi connectivity index (χ0n) is 11.7. The number of halogens is 1. The summed E-state index contributed by atoms with van der Waals surface area (Å²) in [5.74, 6) is -0.193. The summed E-state index contributed by atoms with van der Waals surface area (Å²) in [6, 6.07) is 7.43. The van der Waals surface area contributed by atoms with Gasteiger partial charge in [0.05, 0.1) is 17.7 Å². The van der Waals surface area contributed by atoms with Crippen molar-refractivity contribution in [2.75, 3.05) is 13.2 Å². The van der Waals surface area contributed by atoms with Gasteiger partial charge in [0.15, 0.2) is 0 Å². The number of ether oxygens (including phenoxy) is 1. The van der Waals surface area contributed by atoms with Gasteiger partial charge in [-0.1, -0.05) is 24.3 Å². The first-order valence-corrected chi connectivity index (χ1v) is 7.04. The van der Waals surface area contributed by atoms with E-state index in [1.807, 2.05) is 24.3 Å². The molecule has 6 heteroatoms. The molecule has 0 spiro atoms. The van der Waals surface area contributed by atoms with Gasteiger partial charge in [0.2, 0.25) is 5.91 Å². The van der Waals surface area contributed by atoms with Gasteiger partial charge < -0.3 is 20.9 Å². The van der Waals surface area contributed by atoms with E-state index in [0.717, 1.165) is 11.1 Å². The van der Waals surface area contributed by atoms with Crippen molar-refractivity contribution in [3.05, 3.63) is 35.4 Å². The van der Waals surface area contributed by atoms with Crippen LogP contribution in [-0.2, 0) is 16.0 Å². The van der Waals surface area contributed by atoms with Crippen LogP contribution in [0.15, 0.2) is 24.3 Å². The third kappa shape index (κ3) is 3.06. The van der Waals surface area contributed by atoms with E-state index in [2.05, 4.69) is 5.32 Å². The van der Waals surface area contributed by atoms with Gasteiger partial charge in [-0.15, -0.1) is 12.4 Å². The normalized spacial score (nSPS) is 26.6. The number of nitrogens with two attached hydrogens (primary N) is 1. The van der Waals surface area contributed by atoms with Crippen LogP contribution in [-0.4, -0.2) is 35.9 Å². The number of hydrogen-bond donors (Lipinski definition) is 3. The summed E-state index contributed by atoms with van der Waals surface area (Å²) in [5, 5.41) is 13.1. The Hall–Kier alpha value is -1.14. The SMILES string of the molecule is Cl.NC1(C(=O)N[C@@H]2c3ccccc3C[C@@H]2O)CCOCC1. The second kappa shape index (κ2) is 6.32. The standard InChI is InChI=1S/C15H20N2O3.ClH/c16-15(5-7-20-8-6-15)14(19)17-13-11-4-2-1-3-10(11)9-12(13)18;/h1-4,12-13,18H,5-9,16H2,(H,17,19);1H/t12-,13+;/m0./s1. The summed E-state index contributed by atoms with van der Waals surface area (Å²) in [5.41, 5.74) is 7.37. The lowest BCUT2D eigenvalue weighted by Crippen LogP contribution is -2.58. The van der Waals surface area contributed by atoms with Crippen molar-refractivity contribution < 1.29 is 14.6 Å². The van der Waals surface area contributed by atoms with Crippen LogP contribution in [0.4, 0.5) is 0 Å². The minimum Gasteiger partial charge on any atom is -0.390 e. The smallest absolute Gasteiger partial charge is 0.240 e. The number of carbonyl (C=O) groups is 1. The predicted octanol–water partition coefficient (Wildman–Crippen LogP) is 0.691. The summed E-state index contributed by atoms with van der Waals surface area (Å²) in [4.78, 5) is 12.4. The second-order valence-electron chi connectivity index (χ2n) is 5.69. The van der Waals surface area contributed by atoms with Gasteiger partial charge in [-0.25, -0.2) is 0 Å². The Morgan fingerprint density at radius 2 is 2.00 bits per heavy atom. The topological polar surface area (TPSA) is 84.6 Å². The number of aliphatic hydroxyl groups excluding tert-OH is 1. The van der Waals surface area contributed by atoms with Crippen LogP contribution in [0.2, 0.25) is 0 Å². The Balaban J connectivity index is 0.00000161. The van der Waals surface area contributed by atoms with Crippen molar-refractivity contribution in [3.8, 4) is 0 Å². The first-order chi connectivity index (χ1) is 9.60. The van der Waals surface area contributed by atoms with E-state index in [4.69, 9.17) is 10.5 Å². The molecule has 1 aromatic carbocycles. The van der Waals surface area contributed by atoms with E-state index in [-0.39, 0.29) is 24.4 Å². The van der Waals surface area contributed by atoms with Crippen molar-refractivity contribution in [2.24, 2.45) is 5.73 Å². The van der Waals surface area contributed by atoms with Crippen molar-refractivity contribution in [1.82, 2.24) is 5.32 Å². The highest BCUT2D eigenvalue weighted by Gasteiger charge is 2.40. The summed E-state index contributed by atoms with van der Waals surface area (Å²) in [6.45, 7) is 1.02. The minimum absolute atomic E-state index is 0. The molecular weight excluding hydrogens is 292 g/mol. The third-order valence-electron chi connectivity index (χ3n) is 4.33. The zero-order valence-corrected chi connectivity index (χ0v) is 12.6. The number of aliphatic hydroxyl groups is 1. The lowest BCUT2D eigenvalue weighted by Gasteiger charge is -2.33. The van der Waals surface area contributed by atoms with E-state index in [9.17, 15) is 9.90 Å². The molecule has 116 valence electrons. The van der Waals surface area contributed by atoms with Gasteiger partial charge in [-0.2, -0.15) is 0 Å². The summed E-state index contributed by atoms with van der Waals surface area (Å²) in [7, 11) is 0. The highest BCUT2D eigenvalue weighted by atomic mass is 35.5. The molecule has 1 fully saturated rings. The maximum atomic E-state index is 12.4. The van der Waals surface area contributed by atoms with E-state index < -0.39 is 11.6 Å².